The lowest BCUT2D eigenvalue weighted by Gasteiger charge is -2.31. The number of halogens is 1. The molecule has 1 atom stereocenters. The van der Waals surface area contributed by atoms with Crippen molar-refractivity contribution in [3.8, 4) is 0 Å². The Balaban J connectivity index is 2.24. The predicted molar refractivity (Wildman–Crippen MR) is 84.4 cm³/mol. The van der Waals surface area contributed by atoms with Crippen molar-refractivity contribution in [2.45, 2.75) is 12.8 Å². The van der Waals surface area contributed by atoms with E-state index in [0.717, 1.165) is 6.26 Å². The molecule has 22 heavy (non-hydrogen) atoms. The van der Waals surface area contributed by atoms with E-state index in [1.54, 1.807) is 18.2 Å². The van der Waals surface area contributed by atoms with Crippen LogP contribution in [-0.2, 0) is 14.8 Å². The molecule has 1 aliphatic rings. The van der Waals surface area contributed by atoms with E-state index >= 15 is 0 Å². The molecular weight excluding hydrogens is 328 g/mol. The Morgan fingerprint density at radius 3 is 2.64 bits per heavy atom. The van der Waals surface area contributed by atoms with Gasteiger partial charge in [0.1, 0.15) is 0 Å². The number of benzene rings is 1. The van der Waals surface area contributed by atoms with Crippen LogP contribution in [0.4, 0.5) is 5.69 Å². The van der Waals surface area contributed by atoms with E-state index < -0.39 is 15.3 Å². The first-order chi connectivity index (χ1) is 10.3. The molecule has 1 aromatic rings. The van der Waals surface area contributed by atoms with Gasteiger partial charge in [0.2, 0.25) is 15.3 Å². The summed E-state index contributed by atoms with van der Waals surface area (Å²) < 4.78 is 25.1. The molecule has 1 aliphatic heterocycles. The van der Waals surface area contributed by atoms with Crippen molar-refractivity contribution < 1.29 is 18.0 Å². The van der Waals surface area contributed by atoms with E-state index in [-0.39, 0.29) is 29.6 Å². The van der Waals surface area contributed by atoms with E-state index in [4.69, 9.17) is 11.6 Å². The molecule has 1 fully saturated rings. The molecule has 0 aromatic heterocycles. The van der Waals surface area contributed by atoms with Crippen molar-refractivity contribution in [3.05, 3.63) is 29.8 Å². The lowest BCUT2D eigenvalue weighted by Crippen LogP contribution is -2.41. The monoisotopic (exact) mass is 344 g/mol. The highest BCUT2D eigenvalue weighted by atomic mass is 35.5. The quantitative estimate of drug-likeness (QED) is 0.842. The zero-order chi connectivity index (χ0) is 16.3. The lowest BCUT2D eigenvalue weighted by atomic mass is 9.98. The van der Waals surface area contributed by atoms with Gasteiger partial charge in [-0.1, -0.05) is 12.1 Å². The Kier molecular flexibility index (Phi) is 5.08. The van der Waals surface area contributed by atoms with E-state index in [9.17, 15) is 18.0 Å². The van der Waals surface area contributed by atoms with E-state index in [0.29, 0.717) is 19.4 Å². The number of amides is 1. The van der Waals surface area contributed by atoms with Gasteiger partial charge in [0.05, 0.1) is 23.4 Å². The summed E-state index contributed by atoms with van der Waals surface area (Å²) in [5, 5.41) is -0.444. The Morgan fingerprint density at radius 2 is 2.00 bits per heavy atom. The molecule has 0 saturated carbocycles. The zero-order valence-corrected chi connectivity index (χ0v) is 13.7. The van der Waals surface area contributed by atoms with Crippen molar-refractivity contribution in [1.29, 1.82) is 0 Å². The molecule has 1 saturated heterocycles. The van der Waals surface area contributed by atoms with E-state index in [1.807, 2.05) is 0 Å². The highest BCUT2D eigenvalue weighted by Crippen LogP contribution is 2.23. The smallest absolute Gasteiger partial charge is 0.256 e. The predicted octanol–water partition coefficient (Wildman–Crippen LogP) is 1.68. The van der Waals surface area contributed by atoms with Gasteiger partial charge < -0.3 is 4.90 Å². The van der Waals surface area contributed by atoms with Gasteiger partial charge in [0.25, 0.3) is 5.91 Å². The molecule has 1 aromatic carbocycles. The van der Waals surface area contributed by atoms with Crippen LogP contribution < -0.4 is 4.72 Å². The summed E-state index contributed by atoms with van der Waals surface area (Å²) in [6.07, 6.45) is 2.38. The largest absolute Gasteiger partial charge is 0.338 e. The average molecular weight is 345 g/mol. The second kappa shape index (κ2) is 6.66. The molecular formula is C14H17ClN2O4S. The first-order valence-corrected chi connectivity index (χ1v) is 9.10. The van der Waals surface area contributed by atoms with Crippen LogP contribution in [0, 0.1) is 5.92 Å². The van der Waals surface area contributed by atoms with Gasteiger partial charge in [-0.2, -0.15) is 0 Å². The van der Waals surface area contributed by atoms with Crippen molar-refractivity contribution in [2.24, 2.45) is 5.92 Å². The van der Waals surface area contributed by atoms with Crippen LogP contribution in [0.1, 0.15) is 23.2 Å². The van der Waals surface area contributed by atoms with E-state index in [2.05, 4.69) is 4.72 Å². The molecule has 1 unspecified atom stereocenters. The number of hydrogen-bond acceptors (Lipinski definition) is 4. The number of anilines is 1. The summed E-state index contributed by atoms with van der Waals surface area (Å²) in [5.41, 5.74) is 0.491. The molecule has 1 amide bonds. The van der Waals surface area contributed by atoms with Gasteiger partial charge >= 0.3 is 0 Å². The molecule has 6 nitrogen and oxygen atoms in total. The van der Waals surface area contributed by atoms with Crippen LogP contribution in [-0.4, -0.2) is 43.8 Å². The molecule has 0 radical (unpaired) electrons. The van der Waals surface area contributed by atoms with Crippen LogP contribution in [0.3, 0.4) is 0 Å². The van der Waals surface area contributed by atoms with Crippen LogP contribution in [0.2, 0.25) is 0 Å². The zero-order valence-electron chi connectivity index (χ0n) is 12.1. The summed E-state index contributed by atoms with van der Waals surface area (Å²) in [4.78, 5) is 25.4. The van der Waals surface area contributed by atoms with Gasteiger partial charge in [-0.3, -0.25) is 14.3 Å². The van der Waals surface area contributed by atoms with Crippen molar-refractivity contribution in [1.82, 2.24) is 4.90 Å². The number of hydrogen-bond donors (Lipinski definition) is 1. The van der Waals surface area contributed by atoms with Crippen LogP contribution >= 0.6 is 11.6 Å². The van der Waals surface area contributed by atoms with Crippen molar-refractivity contribution >= 4 is 38.5 Å². The summed E-state index contributed by atoms with van der Waals surface area (Å²) in [7, 11) is -3.48. The SMILES string of the molecule is CS(=O)(=O)Nc1ccccc1C(=O)N1CCCC(C(=O)Cl)C1. The first kappa shape index (κ1) is 16.8. The highest BCUT2D eigenvalue weighted by molar-refractivity contribution is 7.92. The summed E-state index contributed by atoms with van der Waals surface area (Å²) >= 11 is 5.52. The molecule has 1 heterocycles. The second-order valence-electron chi connectivity index (χ2n) is 5.31. The summed E-state index contributed by atoms with van der Waals surface area (Å²) in [6.45, 7) is 0.779. The number of para-hydroxylation sites is 1. The standard InChI is InChI=1S/C14H17ClN2O4S/c1-22(20,21)16-12-7-3-2-6-11(12)14(19)17-8-4-5-10(9-17)13(15)18/h2-3,6-7,10,16H,4-5,8-9H2,1H3. The van der Waals surface area contributed by atoms with Gasteiger partial charge in [-0.05, 0) is 36.6 Å². The fourth-order valence-corrected chi connectivity index (χ4v) is 3.23. The molecule has 0 bridgehead atoms. The Bertz CT molecular complexity index is 690. The second-order valence-corrected chi connectivity index (χ2v) is 7.44. The normalized spacial score (nSPS) is 18.8. The number of sulfonamides is 1. The number of carbonyl (C=O) groups is 2. The molecule has 2 rings (SSSR count). The Hall–Kier alpha value is -1.60. The van der Waals surface area contributed by atoms with Crippen molar-refractivity contribution in [3.63, 3.8) is 0 Å². The maximum absolute atomic E-state index is 12.6. The van der Waals surface area contributed by atoms with Crippen molar-refractivity contribution in [2.75, 3.05) is 24.1 Å². The number of nitrogens with one attached hydrogen (secondary N) is 1. The van der Waals surface area contributed by atoms with Crippen LogP contribution in [0.15, 0.2) is 24.3 Å². The third-order valence-corrected chi connectivity index (χ3v) is 4.38. The third kappa shape index (κ3) is 4.20. The molecule has 120 valence electrons. The van der Waals surface area contributed by atoms with Gasteiger partial charge in [-0.25, -0.2) is 8.42 Å². The van der Waals surface area contributed by atoms with Gasteiger partial charge in [0.15, 0.2) is 0 Å². The summed E-state index contributed by atoms with van der Waals surface area (Å²) in [6, 6.07) is 6.39. The maximum Gasteiger partial charge on any atom is 0.256 e. The Labute approximate surface area is 134 Å². The minimum absolute atomic E-state index is 0.231. The Morgan fingerprint density at radius 1 is 1.32 bits per heavy atom. The van der Waals surface area contributed by atoms with Gasteiger partial charge in [0, 0.05) is 13.1 Å². The topological polar surface area (TPSA) is 83.6 Å². The number of carbonyl (C=O) groups excluding carboxylic acids is 2. The van der Waals surface area contributed by atoms with Gasteiger partial charge in [-0.15, -0.1) is 0 Å². The third-order valence-electron chi connectivity index (χ3n) is 3.48. The highest BCUT2D eigenvalue weighted by Gasteiger charge is 2.29. The summed E-state index contributed by atoms with van der Waals surface area (Å²) in [5.74, 6) is -0.677. The number of likely N-dealkylation sites (tertiary alicyclic amines) is 1. The minimum Gasteiger partial charge on any atom is -0.338 e. The average Bonchev–Trinajstić information content (AvgIpc) is 2.45. The first-order valence-electron chi connectivity index (χ1n) is 6.83. The van der Waals surface area contributed by atoms with Crippen LogP contribution in [0.25, 0.3) is 0 Å². The fourth-order valence-electron chi connectivity index (χ4n) is 2.48. The molecule has 1 N–H and O–H groups in total. The molecule has 8 heteroatoms. The number of nitrogens with zero attached hydrogens (tertiary/aromatic N) is 1. The van der Waals surface area contributed by atoms with E-state index in [1.165, 1.54) is 11.0 Å². The number of rotatable bonds is 4. The molecule has 0 spiro atoms. The fraction of sp³-hybridized carbons (Fsp3) is 0.429. The van der Waals surface area contributed by atoms with Crippen LogP contribution in [0.5, 0.6) is 0 Å². The maximum atomic E-state index is 12.6. The lowest BCUT2D eigenvalue weighted by molar-refractivity contribution is -0.116. The minimum atomic E-state index is -3.48. The molecule has 0 aliphatic carbocycles. The number of piperidine rings is 1.